The van der Waals surface area contributed by atoms with E-state index >= 15 is 0 Å². The second kappa shape index (κ2) is 11.6. The molecule has 0 aliphatic carbocycles. The number of aromatic nitrogens is 3. The van der Waals surface area contributed by atoms with E-state index in [2.05, 4.69) is 84.9 Å². The summed E-state index contributed by atoms with van der Waals surface area (Å²) in [7, 11) is 0. The van der Waals surface area contributed by atoms with Gasteiger partial charge in [-0.05, 0) is 50.5 Å². The van der Waals surface area contributed by atoms with E-state index in [-0.39, 0.29) is 0 Å². The first-order chi connectivity index (χ1) is 22.7. The second-order valence-corrected chi connectivity index (χ2v) is 11.2. The molecule has 0 saturated carbocycles. The van der Waals surface area contributed by atoms with Crippen molar-refractivity contribution in [3.05, 3.63) is 163 Å². The fourth-order valence-electron chi connectivity index (χ4n) is 6.08. The average Bonchev–Trinajstić information content (AvgIpc) is 3.14. The molecule has 0 aliphatic rings. The fraction of sp³-hybridized carbons (Fsp3) is 0. The van der Waals surface area contributed by atoms with Crippen LogP contribution in [-0.2, 0) is 0 Å². The summed E-state index contributed by atoms with van der Waals surface area (Å²) in [5.41, 5.74) is 7.98. The van der Waals surface area contributed by atoms with Gasteiger partial charge in [-0.3, -0.25) is 0 Å². The molecule has 0 radical (unpaired) electrons. The van der Waals surface area contributed by atoms with Gasteiger partial charge in [0.25, 0.3) is 0 Å². The van der Waals surface area contributed by atoms with Crippen LogP contribution in [0.1, 0.15) is 5.56 Å². The predicted molar refractivity (Wildman–Crippen MR) is 187 cm³/mol. The van der Waals surface area contributed by atoms with Crippen molar-refractivity contribution in [2.45, 2.75) is 0 Å². The number of hydrogen-bond acceptors (Lipinski definition) is 4. The van der Waals surface area contributed by atoms with Gasteiger partial charge in [0.1, 0.15) is 0 Å². The Balaban J connectivity index is 1.20. The highest BCUT2D eigenvalue weighted by Crippen LogP contribution is 2.37. The van der Waals surface area contributed by atoms with Gasteiger partial charge in [0.15, 0.2) is 17.5 Å². The lowest BCUT2D eigenvalue weighted by Crippen LogP contribution is -2.00. The van der Waals surface area contributed by atoms with Crippen LogP contribution in [0.25, 0.3) is 78.0 Å². The van der Waals surface area contributed by atoms with Crippen LogP contribution in [0.15, 0.2) is 158 Å². The molecule has 0 unspecified atom stereocenters. The van der Waals surface area contributed by atoms with E-state index in [0.29, 0.717) is 23.0 Å². The van der Waals surface area contributed by atoms with E-state index in [0.717, 1.165) is 55.1 Å². The molecule has 4 heteroatoms. The first-order valence-electron chi connectivity index (χ1n) is 15.2. The lowest BCUT2D eigenvalue weighted by Gasteiger charge is -2.13. The summed E-state index contributed by atoms with van der Waals surface area (Å²) in [6.45, 7) is 0. The third kappa shape index (κ3) is 4.96. The maximum atomic E-state index is 9.69. The van der Waals surface area contributed by atoms with Gasteiger partial charge in [-0.15, -0.1) is 0 Å². The maximum Gasteiger partial charge on any atom is 0.164 e. The highest BCUT2D eigenvalue weighted by atomic mass is 15.0. The first-order valence-corrected chi connectivity index (χ1v) is 15.2. The Morgan fingerprint density at radius 2 is 0.848 bits per heavy atom. The number of nitrogens with zero attached hydrogens (tertiary/aromatic N) is 4. The molecule has 8 aromatic rings. The van der Waals surface area contributed by atoms with Gasteiger partial charge < -0.3 is 0 Å². The van der Waals surface area contributed by atoms with Crippen molar-refractivity contribution >= 4 is 21.5 Å². The van der Waals surface area contributed by atoms with E-state index in [9.17, 15) is 5.26 Å². The summed E-state index contributed by atoms with van der Waals surface area (Å²) in [6.07, 6.45) is 0. The largest absolute Gasteiger partial charge is 0.208 e. The number of rotatable bonds is 5. The Morgan fingerprint density at radius 1 is 0.370 bits per heavy atom. The number of nitriles is 1. The Labute approximate surface area is 266 Å². The first kappa shape index (κ1) is 27.1. The molecule has 1 aromatic heterocycles. The zero-order valence-electron chi connectivity index (χ0n) is 24.8. The van der Waals surface area contributed by atoms with Crippen molar-refractivity contribution in [3.63, 3.8) is 0 Å². The van der Waals surface area contributed by atoms with Crippen LogP contribution in [0, 0.1) is 11.3 Å². The molecule has 0 fully saturated rings. The third-order valence-electron chi connectivity index (χ3n) is 8.39. The molecule has 46 heavy (non-hydrogen) atoms. The van der Waals surface area contributed by atoms with Gasteiger partial charge in [0.2, 0.25) is 0 Å². The van der Waals surface area contributed by atoms with Crippen LogP contribution in [0.3, 0.4) is 0 Å². The van der Waals surface area contributed by atoms with Crippen LogP contribution in [0.4, 0.5) is 0 Å². The van der Waals surface area contributed by atoms with Gasteiger partial charge in [-0.25, -0.2) is 15.0 Å². The maximum absolute atomic E-state index is 9.69. The minimum atomic E-state index is 0.632. The zero-order valence-corrected chi connectivity index (χ0v) is 24.8. The van der Waals surface area contributed by atoms with Gasteiger partial charge in [-0.2, -0.15) is 5.26 Å². The van der Waals surface area contributed by atoms with Gasteiger partial charge in [0, 0.05) is 22.1 Å². The molecule has 0 spiro atoms. The van der Waals surface area contributed by atoms with Crippen LogP contribution in [0.5, 0.6) is 0 Å². The zero-order chi connectivity index (χ0) is 30.9. The quantitative estimate of drug-likeness (QED) is 0.201. The van der Waals surface area contributed by atoms with E-state index in [1.165, 1.54) is 5.39 Å². The van der Waals surface area contributed by atoms with Gasteiger partial charge in [-0.1, -0.05) is 146 Å². The molecule has 1 heterocycles. The Morgan fingerprint density at radius 3 is 1.41 bits per heavy atom. The number of fused-ring (bicyclic) bond motifs is 2. The Bertz CT molecular complexity index is 2350. The normalized spacial score (nSPS) is 11.0. The highest BCUT2D eigenvalue weighted by molar-refractivity contribution is 6.06. The summed E-state index contributed by atoms with van der Waals surface area (Å²) in [5.74, 6) is 1.92. The standard InChI is InChI=1S/C42H26N4/c43-27-34-15-9-14-28-20-23-33(26-39(28)34)36-25-24-35(37-16-7-8-17-38(36)37)29-18-21-32(22-19-29)42-45-40(30-10-3-1-4-11-30)44-41(46-42)31-12-5-2-6-13-31/h1-26H. The second-order valence-electron chi connectivity index (χ2n) is 11.2. The summed E-state index contributed by atoms with van der Waals surface area (Å²) in [5, 5.41) is 14.1. The van der Waals surface area contributed by atoms with Gasteiger partial charge >= 0.3 is 0 Å². The molecular formula is C42H26N4. The van der Waals surface area contributed by atoms with Crippen molar-refractivity contribution in [1.29, 1.82) is 5.26 Å². The molecule has 0 atom stereocenters. The molecule has 0 saturated heterocycles. The van der Waals surface area contributed by atoms with Crippen molar-refractivity contribution in [2.75, 3.05) is 0 Å². The predicted octanol–water partition coefficient (Wildman–Crippen LogP) is 10.4. The van der Waals surface area contributed by atoms with E-state index in [1.807, 2.05) is 78.9 Å². The smallest absolute Gasteiger partial charge is 0.164 e. The van der Waals surface area contributed by atoms with Crippen LogP contribution < -0.4 is 0 Å². The minimum absolute atomic E-state index is 0.632. The topological polar surface area (TPSA) is 62.5 Å². The van der Waals surface area contributed by atoms with Crippen LogP contribution in [0.2, 0.25) is 0 Å². The van der Waals surface area contributed by atoms with Crippen LogP contribution >= 0.6 is 0 Å². The summed E-state index contributed by atoms with van der Waals surface area (Å²) in [4.78, 5) is 14.6. The molecule has 0 N–H and O–H groups in total. The van der Waals surface area contributed by atoms with E-state index < -0.39 is 0 Å². The summed E-state index contributed by atoms with van der Waals surface area (Å²) >= 11 is 0. The molecule has 214 valence electrons. The minimum Gasteiger partial charge on any atom is -0.208 e. The Hall–Kier alpha value is -6.44. The third-order valence-corrected chi connectivity index (χ3v) is 8.39. The average molecular weight is 587 g/mol. The fourth-order valence-corrected chi connectivity index (χ4v) is 6.08. The lowest BCUT2D eigenvalue weighted by atomic mass is 9.90. The SMILES string of the molecule is N#Cc1cccc2ccc(-c3ccc(-c4ccc(-c5nc(-c6ccccc6)nc(-c6ccccc6)n5)cc4)c4ccccc34)cc12. The molecule has 8 rings (SSSR count). The van der Waals surface area contributed by atoms with E-state index in [4.69, 9.17) is 15.0 Å². The van der Waals surface area contributed by atoms with Crippen molar-refractivity contribution in [1.82, 2.24) is 15.0 Å². The van der Waals surface area contributed by atoms with E-state index in [1.54, 1.807) is 0 Å². The molecule has 0 amide bonds. The summed E-state index contributed by atoms with van der Waals surface area (Å²) in [6, 6.07) is 55.9. The summed E-state index contributed by atoms with van der Waals surface area (Å²) < 4.78 is 0. The molecule has 0 bridgehead atoms. The Kier molecular flexibility index (Phi) is 6.83. The monoisotopic (exact) mass is 586 g/mol. The molecule has 0 aliphatic heterocycles. The lowest BCUT2D eigenvalue weighted by molar-refractivity contribution is 1.07. The van der Waals surface area contributed by atoms with Crippen molar-refractivity contribution < 1.29 is 0 Å². The molecule has 4 nitrogen and oxygen atoms in total. The number of hydrogen-bond donors (Lipinski definition) is 0. The van der Waals surface area contributed by atoms with Crippen LogP contribution in [-0.4, -0.2) is 15.0 Å². The van der Waals surface area contributed by atoms with Crippen molar-refractivity contribution in [2.24, 2.45) is 0 Å². The van der Waals surface area contributed by atoms with Gasteiger partial charge in [0.05, 0.1) is 11.6 Å². The molecule has 7 aromatic carbocycles. The number of benzene rings is 7. The van der Waals surface area contributed by atoms with Crippen molar-refractivity contribution in [3.8, 4) is 62.5 Å². The highest BCUT2D eigenvalue weighted by Gasteiger charge is 2.14. The molecular weight excluding hydrogens is 560 g/mol.